The van der Waals surface area contributed by atoms with Gasteiger partial charge >= 0.3 is 0 Å². The van der Waals surface area contributed by atoms with Crippen molar-refractivity contribution in [3.63, 3.8) is 0 Å². The van der Waals surface area contributed by atoms with E-state index >= 15 is 0 Å². The zero-order valence-corrected chi connectivity index (χ0v) is 16.9. The summed E-state index contributed by atoms with van der Waals surface area (Å²) in [4.78, 5) is 1.54. The molecule has 0 fully saturated rings. The van der Waals surface area contributed by atoms with E-state index in [1.54, 1.807) is 67.8 Å². The smallest absolute Gasteiger partial charge is 0.148 e. The monoisotopic (exact) mass is 424 g/mol. The van der Waals surface area contributed by atoms with Crippen LogP contribution in [-0.2, 0) is 0 Å². The van der Waals surface area contributed by atoms with Crippen molar-refractivity contribution < 1.29 is 13.6 Å². The Hall–Kier alpha value is -4.76. The molecule has 0 bridgehead atoms. The second kappa shape index (κ2) is 9.63. The average Bonchev–Trinajstić information content (AvgIpc) is 3.54. The van der Waals surface area contributed by atoms with Crippen molar-refractivity contribution in [1.82, 2.24) is 0 Å². The topological polar surface area (TPSA) is 131 Å². The van der Waals surface area contributed by atoms with Crippen LogP contribution in [-0.4, -0.2) is 7.11 Å². The van der Waals surface area contributed by atoms with Crippen molar-refractivity contribution >= 4 is 23.5 Å². The zero-order chi connectivity index (χ0) is 22.2. The van der Waals surface area contributed by atoms with Gasteiger partial charge in [0.2, 0.25) is 0 Å². The molecule has 0 radical (unpaired) electrons. The summed E-state index contributed by atoms with van der Waals surface area (Å²) in [5.74, 6) is 2.68. The maximum Gasteiger partial charge on any atom is 0.148 e. The average molecular weight is 424 g/mol. The van der Waals surface area contributed by atoms with Crippen LogP contribution < -0.4 is 4.74 Å². The standard InChI is InChI=1S/C23H12N4O3S/c1-28-21-10-22(19-7-5-17(29-19)4-2-3-15(11-24)12-25)31-23(21)20-8-6-18(30-20)9-16(13-26)14-27/h2-10H,1H3/b4-2+. The molecule has 3 rings (SSSR count). The molecule has 0 atom stereocenters. The maximum atomic E-state index is 8.88. The Morgan fingerprint density at radius 1 is 0.903 bits per heavy atom. The van der Waals surface area contributed by atoms with Crippen LogP contribution in [0, 0.1) is 45.3 Å². The van der Waals surface area contributed by atoms with Gasteiger partial charge in [0.1, 0.15) is 69.1 Å². The van der Waals surface area contributed by atoms with E-state index in [2.05, 4.69) is 0 Å². The van der Waals surface area contributed by atoms with E-state index in [0.29, 0.717) is 28.8 Å². The van der Waals surface area contributed by atoms with Gasteiger partial charge in [0.15, 0.2) is 0 Å². The molecule has 0 unspecified atom stereocenters. The fraction of sp³-hybridized carbons (Fsp3) is 0.0435. The van der Waals surface area contributed by atoms with Crippen LogP contribution >= 0.6 is 11.3 Å². The first-order chi connectivity index (χ1) is 15.1. The molecule has 0 spiro atoms. The number of methoxy groups -OCH3 is 1. The summed E-state index contributed by atoms with van der Waals surface area (Å²) in [5, 5.41) is 35.3. The molecule has 0 saturated carbocycles. The van der Waals surface area contributed by atoms with Gasteiger partial charge in [-0.05, 0) is 36.4 Å². The maximum absolute atomic E-state index is 8.88. The Bertz CT molecular complexity index is 1340. The van der Waals surface area contributed by atoms with Crippen molar-refractivity contribution in [3.05, 3.63) is 65.2 Å². The van der Waals surface area contributed by atoms with Gasteiger partial charge in [-0.15, -0.1) is 11.3 Å². The van der Waals surface area contributed by atoms with E-state index < -0.39 is 0 Å². The van der Waals surface area contributed by atoms with Crippen LogP contribution in [0.1, 0.15) is 11.5 Å². The lowest BCUT2D eigenvalue weighted by Crippen LogP contribution is -1.80. The Balaban J connectivity index is 1.88. The van der Waals surface area contributed by atoms with Gasteiger partial charge in [-0.2, -0.15) is 21.0 Å². The first kappa shape index (κ1) is 21.0. The van der Waals surface area contributed by atoms with Crippen LogP contribution in [0.15, 0.2) is 62.5 Å². The third-order valence-electron chi connectivity index (χ3n) is 3.93. The van der Waals surface area contributed by atoms with E-state index in [1.165, 1.54) is 23.5 Å². The van der Waals surface area contributed by atoms with Crippen molar-refractivity contribution in [1.29, 1.82) is 21.0 Å². The zero-order valence-electron chi connectivity index (χ0n) is 16.1. The predicted molar refractivity (Wildman–Crippen MR) is 114 cm³/mol. The highest BCUT2D eigenvalue weighted by Crippen LogP contribution is 2.44. The third kappa shape index (κ3) is 4.81. The summed E-state index contributed by atoms with van der Waals surface area (Å²) in [6, 6.07) is 15.9. The number of ether oxygens (including phenoxy) is 1. The van der Waals surface area contributed by atoms with Gasteiger partial charge in [-0.1, -0.05) is 6.08 Å². The first-order valence-corrected chi connectivity index (χ1v) is 9.52. The summed E-state index contributed by atoms with van der Waals surface area (Å²) < 4.78 is 17.0. The van der Waals surface area contributed by atoms with Crippen LogP contribution in [0.25, 0.3) is 33.4 Å². The van der Waals surface area contributed by atoms with Crippen molar-refractivity contribution in [3.8, 4) is 51.3 Å². The lowest BCUT2D eigenvalue weighted by Gasteiger charge is -1.97. The number of nitrogens with zero attached hydrogens (tertiary/aromatic N) is 4. The lowest BCUT2D eigenvalue weighted by atomic mass is 10.2. The summed E-state index contributed by atoms with van der Waals surface area (Å²) in [6.07, 6.45) is 5.99. The highest BCUT2D eigenvalue weighted by atomic mass is 32.1. The number of furan rings is 2. The van der Waals surface area contributed by atoms with Crippen LogP contribution in [0.3, 0.4) is 0 Å². The SMILES string of the molecule is COc1cc(-c2ccc(/C=C/C=C(C#N)C#N)o2)sc1-c1ccc(C=C(C#N)C#N)o1. The van der Waals surface area contributed by atoms with E-state index in [-0.39, 0.29) is 11.1 Å². The van der Waals surface area contributed by atoms with Gasteiger partial charge < -0.3 is 13.6 Å². The molecule has 0 aromatic carbocycles. The molecule has 0 N–H and O–H groups in total. The minimum Gasteiger partial charge on any atom is -0.495 e. The number of allylic oxidation sites excluding steroid dienone is 4. The Morgan fingerprint density at radius 2 is 1.55 bits per heavy atom. The van der Waals surface area contributed by atoms with Gasteiger partial charge in [0.05, 0.1) is 12.0 Å². The molecule has 3 heterocycles. The molecule has 3 aromatic heterocycles. The number of rotatable bonds is 6. The Morgan fingerprint density at radius 3 is 2.23 bits per heavy atom. The Labute approximate surface area is 181 Å². The second-order valence-electron chi connectivity index (χ2n) is 5.86. The van der Waals surface area contributed by atoms with Crippen molar-refractivity contribution in [2.75, 3.05) is 7.11 Å². The van der Waals surface area contributed by atoms with Gasteiger partial charge in [0.25, 0.3) is 0 Å². The van der Waals surface area contributed by atoms with Crippen LogP contribution in [0.2, 0.25) is 0 Å². The number of nitriles is 4. The fourth-order valence-electron chi connectivity index (χ4n) is 2.52. The minimum atomic E-state index is -0.0533. The van der Waals surface area contributed by atoms with Crippen LogP contribution in [0.4, 0.5) is 0 Å². The summed E-state index contributed by atoms with van der Waals surface area (Å²) in [7, 11) is 1.55. The van der Waals surface area contributed by atoms with Gasteiger partial charge in [-0.25, -0.2) is 0 Å². The molecule has 7 nitrogen and oxygen atoms in total. The molecule has 8 heteroatoms. The molecule has 3 aromatic rings. The Kier molecular flexibility index (Phi) is 6.51. The highest BCUT2D eigenvalue weighted by molar-refractivity contribution is 7.19. The minimum absolute atomic E-state index is 0.0000120. The summed E-state index contributed by atoms with van der Waals surface area (Å²) in [6.45, 7) is 0. The largest absolute Gasteiger partial charge is 0.495 e. The number of thiophene rings is 1. The molecular formula is C23H12N4O3S. The first-order valence-electron chi connectivity index (χ1n) is 8.70. The normalized spacial score (nSPS) is 9.84. The summed E-state index contributed by atoms with van der Waals surface area (Å²) >= 11 is 1.40. The summed E-state index contributed by atoms with van der Waals surface area (Å²) in [5.41, 5.74) is -0.0533. The van der Waals surface area contributed by atoms with E-state index in [4.69, 9.17) is 34.6 Å². The highest BCUT2D eigenvalue weighted by Gasteiger charge is 2.18. The predicted octanol–water partition coefficient (Wildman–Crippen LogP) is 5.69. The van der Waals surface area contributed by atoms with Crippen molar-refractivity contribution in [2.45, 2.75) is 0 Å². The van der Waals surface area contributed by atoms with E-state index in [9.17, 15) is 0 Å². The molecule has 0 amide bonds. The molecule has 0 aliphatic heterocycles. The second-order valence-corrected chi connectivity index (χ2v) is 6.91. The van der Waals surface area contributed by atoms with Gasteiger partial charge in [0, 0.05) is 12.1 Å². The van der Waals surface area contributed by atoms with Gasteiger partial charge in [-0.3, -0.25) is 0 Å². The van der Waals surface area contributed by atoms with E-state index in [1.807, 2.05) is 6.07 Å². The molecular weight excluding hydrogens is 412 g/mol. The molecule has 0 saturated heterocycles. The quantitative estimate of drug-likeness (QED) is 0.366. The number of hydrogen-bond acceptors (Lipinski definition) is 8. The number of hydrogen-bond donors (Lipinski definition) is 0. The van der Waals surface area contributed by atoms with Crippen LogP contribution in [0.5, 0.6) is 5.75 Å². The lowest BCUT2D eigenvalue weighted by molar-refractivity contribution is 0.416. The fourth-order valence-corrected chi connectivity index (χ4v) is 3.57. The molecule has 148 valence electrons. The molecule has 31 heavy (non-hydrogen) atoms. The van der Waals surface area contributed by atoms with E-state index in [0.717, 1.165) is 9.75 Å². The molecule has 0 aliphatic rings. The van der Waals surface area contributed by atoms with Crippen molar-refractivity contribution in [2.24, 2.45) is 0 Å². The third-order valence-corrected chi connectivity index (χ3v) is 5.08. The molecule has 0 aliphatic carbocycles.